The number of hydrogen-bond acceptors (Lipinski definition) is 4. The summed E-state index contributed by atoms with van der Waals surface area (Å²) in [5.41, 5.74) is 0.240. The van der Waals surface area contributed by atoms with Gasteiger partial charge in [-0.05, 0) is 38.0 Å². The van der Waals surface area contributed by atoms with Crippen molar-refractivity contribution in [1.29, 1.82) is 5.26 Å². The van der Waals surface area contributed by atoms with E-state index in [4.69, 9.17) is 4.74 Å². The maximum Gasteiger partial charge on any atom is 0.312 e. The van der Waals surface area contributed by atoms with Gasteiger partial charge in [-0.2, -0.15) is 5.26 Å². The molecule has 3 atom stereocenters. The molecular formula is C18H20BrFN2O3. The molecule has 134 valence electrons. The molecule has 0 amide bonds. The first-order chi connectivity index (χ1) is 11.8. The Morgan fingerprint density at radius 1 is 1.56 bits per heavy atom. The van der Waals surface area contributed by atoms with Crippen molar-refractivity contribution < 1.29 is 19.0 Å². The SMILES string of the molecule is COCCC1NC(C)=C(C#N)C(c2ccc(F)cc2Br)C1(C)C(=O)O. The first-order valence-corrected chi connectivity index (χ1v) is 8.61. The summed E-state index contributed by atoms with van der Waals surface area (Å²) in [5.74, 6) is -2.17. The molecule has 1 aliphatic rings. The van der Waals surface area contributed by atoms with E-state index in [1.807, 2.05) is 0 Å². The number of methoxy groups -OCH3 is 1. The van der Waals surface area contributed by atoms with Crippen LogP contribution in [-0.4, -0.2) is 30.8 Å². The summed E-state index contributed by atoms with van der Waals surface area (Å²) in [6, 6.07) is 5.80. The van der Waals surface area contributed by atoms with Gasteiger partial charge >= 0.3 is 5.97 Å². The van der Waals surface area contributed by atoms with E-state index in [0.29, 0.717) is 34.3 Å². The average Bonchev–Trinajstić information content (AvgIpc) is 2.55. The van der Waals surface area contributed by atoms with Gasteiger partial charge in [0.1, 0.15) is 5.82 Å². The topological polar surface area (TPSA) is 82.3 Å². The molecular weight excluding hydrogens is 391 g/mol. The lowest BCUT2D eigenvalue weighted by Crippen LogP contribution is -2.55. The minimum Gasteiger partial charge on any atom is -0.481 e. The molecule has 7 heteroatoms. The molecule has 1 aliphatic heterocycles. The zero-order chi connectivity index (χ0) is 18.8. The number of allylic oxidation sites excluding steroid dienone is 2. The van der Waals surface area contributed by atoms with Gasteiger partial charge in [-0.1, -0.05) is 22.0 Å². The van der Waals surface area contributed by atoms with Crippen LogP contribution in [0.2, 0.25) is 0 Å². The third kappa shape index (κ3) is 3.42. The molecule has 0 aromatic heterocycles. The standard InChI is InChI=1S/C18H20BrFN2O3/c1-10-13(9-21)16(12-5-4-11(20)8-14(12)19)18(2,17(23)24)15(22-10)6-7-25-3/h4-5,8,15-16,22H,6-7H2,1-3H3,(H,23,24). The molecule has 0 radical (unpaired) electrons. The second-order valence-electron chi connectivity index (χ2n) is 6.32. The van der Waals surface area contributed by atoms with Crippen LogP contribution in [0, 0.1) is 22.6 Å². The molecule has 5 nitrogen and oxygen atoms in total. The van der Waals surface area contributed by atoms with Crippen molar-refractivity contribution in [3.8, 4) is 6.07 Å². The second kappa shape index (κ2) is 7.54. The average molecular weight is 411 g/mol. The van der Waals surface area contributed by atoms with Crippen LogP contribution in [0.4, 0.5) is 4.39 Å². The molecule has 0 bridgehead atoms. The number of carboxylic acid groups (broad SMARTS) is 1. The summed E-state index contributed by atoms with van der Waals surface area (Å²) in [4.78, 5) is 12.3. The number of benzene rings is 1. The number of rotatable bonds is 5. The minimum absolute atomic E-state index is 0.339. The monoisotopic (exact) mass is 410 g/mol. The number of nitriles is 1. The van der Waals surface area contributed by atoms with Gasteiger partial charge in [0.25, 0.3) is 0 Å². The normalized spacial score (nSPS) is 26.1. The molecule has 3 unspecified atom stereocenters. The van der Waals surface area contributed by atoms with E-state index < -0.39 is 29.2 Å². The molecule has 2 rings (SSSR count). The zero-order valence-corrected chi connectivity index (χ0v) is 15.9. The van der Waals surface area contributed by atoms with E-state index >= 15 is 0 Å². The van der Waals surface area contributed by atoms with Crippen LogP contribution in [0.3, 0.4) is 0 Å². The van der Waals surface area contributed by atoms with Gasteiger partial charge in [0, 0.05) is 35.8 Å². The van der Waals surface area contributed by atoms with Crippen LogP contribution in [0.25, 0.3) is 0 Å². The summed E-state index contributed by atoms with van der Waals surface area (Å²) >= 11 is 3.32. The van der Waals surface area contributed by atoms with Gasteiger partial charge in [-0.25, -0.2) is 4.39 Å². The van der Waals surface area contributed by atoms with Gasteiger partial charge in [0.15, 0.2) is 0 Å². The van der Waals surface area contributed by atoms with Crippen LogP contribution in [0.1, 0.15) is 31.7 Å². The molecule has 0 fully saturated rings. The predicted octanol–water partition coefficient (Wildman–Crippen LogP) is 3.57. The number of nitrogens with one attached hydrogen (secondary N) is 1. The molecule has 1 aromatic rings. The van der Waals surface area contributed by atoms with E-state index in [-0.39, 0.29) is 0 Å². The largest absolute Gasteiger partial charge is 0.481 e. The van der Waals surface area contributed by atoms with E-state index in [1.54, 1.807) is 21.0 Å². The van der Waals surface area contributed by atoms with Crippen molar-refractivity contribution in [2.24, 2.45) is 5.41 Å². The van der Waals surface area contributed by atoms with Crippen LogP contribution in [0.15, 0.2) is 33.9 Å². The maximum absolute atomic E-state index is 13.5. The van der Waals surface area contributed by atoms with Crippen LogP contribution in [-0.2, 0) is 9.53 Å². The van der Waals surface area contributed by atoms with E-state index in [1.165, 1.54) is 18.2 Å². The Morgan fingerprint density at radius 3 is 2.76 bits per heavy atom. The molecule has 1 heterocycles. The fourth-order valence-corrected chi connectivity index (χ4v) is 4.03. The minimum atomic E-state index is -1.30. The van der Waals surface area contributed by atoms with Gasteiger partial charge in [0.2, 0.25) is 0 Å². The van der Waals surface area contributed by atoms with Gasteiger partial charge in [-0.15, -0.1) is 0 Å². The highest BCUT2D eigenvalue weighted by atomic mass is 79.9. The maximum atomic E-state index is 13.5. The molecule has 0 aliphatic carbocycles. The first-order valence-electron chi connectivity index (χ1n) is 7.82. The highest BCUT2D eigenvalue weighted by Crippen LogP contribution is 2.50. The van der Waals surface area contributed by atoms with Crippen molar-refractivity contribution in [3.05, 3.63) is 45.3 Å². The van der Waals surface area contributed by atoms with E-state index in [9.17, 15) is 19.6 Å². The number of aliphatic carboxylic acids is 1. The van der Waals surface area contributed by atoms with Gasteiger partial charge in [-0.3, -0.25) is 4.79 Å². The van der Waals surface area contributed by atoms with Crippen LogP contribution >= 0.6 is 15.9 Å². The third-order valence-electron chi connectivity index (χ3n) is 4.87. The smallest absolute Gasteiger partial charge is 0.312 e. The van der Waals surface area contributed by atoms with Crippen molar-refractivity contribution in [2.45, 2.75) is 32.2 Å². The molecule has 0 spiro atoms. The lowest BCUT2D eigenvalue weighted by atomic mass is 9.62. The second-order valence-corrected chi connectivity index (χ2v) is 7.17. The Balaban J connectivity index is 2.70. The molecule has 0 saturated carbocycles. The lowest BCUT2D eigenvalue weighted by Gasteiger charge is -2.45. The van der Waals surface area contributed by atoms with Crippen molar-refractivity contribution in [1.82, 2.24) is 5.32 Å². The summed E-state index contributed by atoms with van der Waals surface area (Å²) in [7, 11) is 1.55. The van der Waals surface area contributed by atoms with Crippen molar-refractivity contribution >= 4 is 21.9 Å². The number of carboxylic acids is 1. The van der Waals surface area contributed by atoms with Crippen LogP contribution in [0.5, 0.6) is 0 Å². The zero-order valence-electron chi connectivity index (χ0n) is 14.3. The van der Waals surface area contributed by atoms with E-state index in [0.717, 1.165) is 0 Å². The third-order valence-corrected chi connectivity index (χ3v) is 5.56. The molecule has 0 saturated heterocycles. The van der Waals surface area contributed by atoms with Crippen molar-refractivity contribution in [3.63, 3.8) is 0 Å². The summed E-state index contributed by atoms with van der Waals surface area (Å²) in [6.45, 7) is 3.75. The summed E-state index contributed by atoms with van der Waals surface area (Å²) < 4.78 is 19.1. The number of nitrogens with zero attached hydrogens (tertiary/aromatic N) is 1. The molecule has 25 heavy (non-hydrogen) atoms. The number of hydrogen-bond donors (Lipinski definition) is 2. The predicted molar refractivity (Wildman–Crippen MR) is 94.3 cm³/mol. The lowest BCUT2D eigenvalue weighted by molar-refractivity contribution is -0.151. The Hall–Kier alpha value is -1.91. The molecule has 1 aromatic carbocycles. The summed E-state index contributed by atoms with van der Waals surface area (Å²) in [5, 5.41) is 22.9. The Labute approximate surface area is 154 Å². The highest BCUT2D eigenvalue weighted by Gasteiger charge is 2.53. The Morgan fingerprint density at radius 2 is 2.24 bits per heavy atom. The Bertz CT molecular complexity index is 759. The highest BCUT2D eigenvalue weighted by molar-refractivity contribution is 9.10. The fourth-order valence-electron chi connectivity index (χ4n) is 3.45. The van der Waals surface area contributed by atoms with Crippen LogP contribution < -0.4 is 5.32 Å². The van der Waals surface area contributed by atoms with Gasteiger partial charge < -0.3 is 15.2 Å². The summed E-state index contributed by atoms with van der Waals surface area (Å²) in [6.07, 6.45) is 0.463. The number of ether oxygens (including phenoxy) is 1. The van der Waals surface area contributed by atoms with E-state index in [2.05, 4.69) is 27.3 Å². The van der Waals surface area contributed by atoms with Crippen molar-refractivity contribution in [2.75, 3.05) is 13.7 Å². The quantitative estimate of drug-likeness (QED) is 0.774. The first kappa shape index (κ1) is 19.4. The molecule has 2 N–H and O–H groups in total. The Kier molecular flexibility index (Phi) is 5.86. The number of halogens is 2. The number of carbonyl (C=O) groups is 1. The van der Waals surface area contributed by atoms with Gasteiger partial charge in [0.05, 0.1) is 17.1 Å². The fraction of sp³-hybridized carbons (Fsp3) is 0.444.